The molecule has 1 fully saturated rings. The number of amides is 1. The van der Waals surface area contributed by atoms with Crippen LogP contribution < -0.4 is 5.32 Å². The molecule has 0 aromatic rings. The topological polar surface area (TPSA) is 186 Å². The van der Waals surface area contributed by atoms with Gasteiger partial charge in [-0.2, -0.15) is 0 Å². The van der Waals surface area contributed by atoms with Crippen molar-refractivity contribution in [2.45, 2.75) is 68.9 Å². The Bertz CT molecular complexity index is 449. The van der Waals surface area contributed by atoms with Crippen LogP contribution in [0.4, 0.5) is 0 Å². The Morgan fingerprint density at radius 1 is 1.24 bits per heavy atom. The molecule has 0 aromatic heterocycles. The fourth-order valence-corrected chi connectivity index (χ4v) is 2.42. The van der Waals surface area contributed by atoms with Crippen LogP contribution in [0.3, 0.4) is 0 Å². The first-order valence-corrected chi connectivity index (χ1v) is 7.68. The summed E-state index contributed by atoms with van der Waals surface area (Å²) in [6.07, 6.45) is -12.2. The molecule has 0 radical (unpaired) electrons. The van der Waals surface area contributed by atoms with Gasteiger partial charge in [0.2, 0.25) is 5.91 Å². The Hall–Kier alpha value is -1.18. The monoisotopic (exact) mass is 367 g/mol. The quantitative estimate of drug-likeness (QED) is 0.207. The molecule has 0 bridgehead atoms. The molecule has 25 heavy (non-hydrogen) atoms. The van der Waals surface area contributed by atoms with Crippen molar-refractivity contribution in [1.29, 1.82) is 0 Å². The van der Waals surface area contributed by atoms with Gasteiger partial charge in [0, 0.05) is 6.92 Å². The molecular formula is C14H25NO10. The average molecular weight is 367 g/mol. The predicted molar refractivity (Wildman–Crippen MR) is 80.0 cm³/mol. The zero-order valence-electron chi connectivity index (χ0n) is 13.8. The van der Waals surface area contributed by atoms with Crippen molar-refractivity contribution < 1.29 is 49.7 Å². The third-order valence-corrected chi connectivity index (χ3v) is 3.89. The first-order valence-electron chi connectivity index (χ1n) is 7.68. The average Bonchev–Trinajstić information content (AvgIpc) is 2.58. The zero-order chi connectivity index (χ0) is 19.3. The molecular weight excluding hydrogens is 342 g/mol. The highest BCUT2D eigenvalue weighted by molar-refractivity contribution is 5.77. The first kappa shape index (κ1) is 21.9. The minimum atomic E-state index is -1.79. The van der Waals surface area contributed by atoms with Gasteiger partial charge in [-0.15, -0.1) is 0 Å². The van der Waals surface area contributed by atoms with E-state index in [1.165, 1.54) is 6.92 Å². The van der Waals surface area contributed by atoms with E-state index in [4.69, 9.17) is 14.6 Å². The summed E-state index contributed by atoms with van der Waals surface area (Å²) >= 11 is 0. The summed E-state index contributed by atoms with van der Waals surface area (Å²) in [5, 5.41) is 60.7. The molecule has 1 aliphatic rings. The predicted octanol–water partition coefficient (Wildman–Crippen LogP) is -4.38. The van der Waals surface area contributed by atoms with Crippen LogP contribution >= 0.6 is 0 Å². The van der Waals surface area contributed by atoms with Crippen LogP contribution in [0.25, 0.3) is 0 Å². The van der Waals surface area contributed by atoms with Gasteiger partial charge in [-0.3, -0.25) is 4.79 Å². The fourth-order valence-electron chi connectivity index (χ4n) is 2.42. The van der Waals surface area contributed by atoms with E-state index < -0.39 is 67.6 Å². The Morgan fingerprint density at radius 3 is 2.32 bits per heavy atom. The molecule has 146 valence electrons. The molecule has 0 aromatic carbocycles. The lowest BCUT2D eigenvalue weighted by atomic mass is 9.98. The molecule has 11 heteroatoms. The zero-order valence-corrected chi connectivity index (χ0v) is 13.8. The van der Waals surface area contributed by atoms with Crippen molar-refractivity contribution in [1.82, 2.24) is 5.32 Å². The van der Waals surface area contributed by atoms with Crippen molar-refractivity contribution in [2.24, 2.45) is 0 Å². The standard InChI is InChI=1S/C14H25NO10/c1-5-9(20)11(22)12(23)14(24-5)25-13(8(19)4-17)10(21)7(3-16)15-6(2)18/h3,5,7-14,17,19-23H,4H2,1-2H3,(H,15,18). The number of nitrogens with one attached hydrogen (secondary N) is 1. The van der Waals surface area contributed by atoms with Gasteiger partial charge in [0.25, 0.3) is 0 Å². The van der Waals surface area contributed by atoms with Gasteiger partial charge >= 0.3 is 0 Å². The maximum atomic E-state index is 11.1. The van der Waals surface area contributed by atoms with E-state index in [1.54, 1.807) is 0 Å². The molecule has 9 atom stereocenters. The Kier molecular flexibility index (Phi) is 8.31. The van der Waals surface area contributed by atoms with Crippen molar-refractivity contribution in [3.8, 4) is 0 Å². The van der Waals surface area contributed by atoms with E-state index in [-0.39, 0.29) is 6.29 Å². The molecule has 0 spiro atoms. The largest absolute Gasteiger partial charge is 0.394 e. The molecule has 1 saturated heterocycles. The number of carbonyl (C=O) groups excluding carboxylic acids is 2. The number of aldehydes is 1. The fraction of sp³-hybridized carbons (Fsp3) is 0.857. The third kappa shape index (κ3) is 5.39. The highest BCUT2D eigenvalue weighted by Crippen LogP contribution is 2.24. The number of hydrogen-bond donors (Lipinski definition) is 7. The summed E-state index contributed by atoms with van der Waals surface area (Å²) in [5.41, 5.74) is 0. The number of aliphatic hydroxyl groups is 6. The molecule has 1 aliphatic heterocycles. The third-order valence-electron chi connectivity index (χ3n) is 3.89. The van der Waals surface area contributed by atoms with Gasteiger partial charge in [0.15, 0.2) is 6.29 Å². The van der Waals surface area contributed by atoms with E-state index in [1.807, 2.05) is 0 Å². The minimum absolute atomic E-state index is 0.214. The maximum absolute atomic E-state index is 11.1. The number of hydrogen-bond acceptors (Lipinski definition) is 10. The van der Waals surface area contributed by atoms with E-state index >= 15 is 0 Å². The lowest BCUT2D eigenvalue weighted by molar-refractivity contribution is -0.318. The van der Waals surface area contributed by atoms with Crippen LogP contribution in [0.15, 0.2) is 0 Å². The van der Waals surface area contributed by atoms with Gasteiger partial charge in [-0.05, 0) is 6.92 Å². The highest BCUT2D eigenvalue weighted by Gasteiger charge is 2.45. The molecule has 0 saturated carbocycles. The van der Waals surface area contributed by atoms with Crippen LogP contribution in [-0.2, 0) is 19.1 Å². The minimum Gasteiger partial charge on any atom is -0.394 e. The SMILES string of the molecule is CC(=O)NC(C=O)C(O)C(OC1OC(C)C(O)C(O)C1O)C(O)CO. The highest BCUT2D eigenvalue weighted by atomic mass is 16.7. The normalized spacial score (nSPS) is 34.6. The number of ether oxygens (including phenoxy) is 2. The second kappa shape index (κ2) is 9.50. The summed E-state index contributed by atoms with van der Waals surface area (Å²) in [5.74, 6) is -0.630. The molecule has 7 N–H and O–H groups in total. The molecule has 1 amide bonds. The van der Waals surface area contributed by atoms with Crippen molar-refractivity contribution in [2.75, 3.05) is 6.61 Å². The van der Waals surface area contributed by atoms with Crippen LogP contribution in [0.2, 0.25) is 0 Å². The smallest absolute Gasteiger partial charge is 0.217 e. The summed E-state index contributed by atoms with van der Waals surface area (Å²) in [4.78, 5) is 22.2. The maximum Gasteiger partial charge on any atom is 0.217 e. The molecule has 9 unspecified atom stereocenters. The molecule has 11 nitrogen and oxygen atoms in total. The van der Waals surface area contributed by atoms with Crippen LogP contribution in [0.5, 0.6) is 0 Å². The summed E-state index contributed by atoms with van der Waals surface area (Å²) in [6, 6.07) is -1.46. The number of aliphatic hydroxyl groups excluding tert-OH is 6. The summed E-state index contributed by atoms with van der Waals surface area (Å²) < 4.78 is 10.4. The van der Waals surface area contributed by atoms with Crippen molar-refractivity contribution >= 4 is 12.2 Å². The van der Waals surface area contributed by atoms with Crippen LogP contribution in [0.1, 0.15) is 13.8 Å². The van der Waals surface area contributed by atoms with Gasteiger partial charge in [0.1, 0.15) is 49.0 Å². The number of rotatable bonds is 8. The van der Waals surface area contributed by atoms with E-state index in [0.717, 1.165) is 6.92 Å². The lowest BCUT2D eigenvalue weighted by Crippen LogP contribution is -2.61. The lowest BCUT2D eigenvalue weighted by Gasteiger charge is -2.41. The first-order chi connectivity index (χ1) is 11.6. The second-order valence-corrected chi connectivity index (χ2v) is 5.88. The Labute approximate surface area is 143 Å². The van der Waals surface area contributed by atoms with Crippen molar-refractivity contribution in [3.63, 3.8) is 0 Å². The van der Waals surface area contributed by atoms with E-state index in [0.29, 0.717) is 0 Å². The van der Waals surface area contributed by atoms with Gasteiger partial charge in [0.05, 0.1) is 12.7 Å². The molecule has 1 rings (SSSR count). The van der Waals surface area contributed by atoms with Crippen LogP contribution in [0, 0.1) is 0 Å². The van der Waals surface area contributed by atoms with Gasteiger partial charge in [-0.1, -0.05) is 0 Å². The Morgan fingerprint density at radius 2 is 1.84 bits per heavy atom. The van der Waals surface area contributed by atoms with Gasteiger partial charge in [-0.25, -0.2) is 0 Å². The van der Waals surface area contributed by atoms with Crippen molar-refractivity contribution in [3.05, 3.63) is 0 Å². The molecule has 0 aliphatic carbocycles. The van der Waals surface area contributed by atoms with E-state index in [2.05, 4.69) is 5.32 Å². The Balaban J connectivity index is 2.95. The van der Waals surface area contributed by atoms with Crippen LogP contribution in [-0.4, -0.2) is 104 Å². The van der Waals surface area contributed by atoms with E-state index in [9.17, 15) is 35.1 Å². The summed E-state index contributed by atoms with van der Waals surface area (Å²) in [7, 11) is 0. The second-order valence-electron chi connectivity index (χ2n) is 5.88. The molecule has 1 heterocycles. The number of carbonyl (C=O) groups is 2. The van der Waals surface area contributed by atoms with Gasteiger partial charge < -0.3 is 50.2 Å². The summed E-state index contributed by atoms with van der Waals surface area (Å²) in [6.45, 7) is 1.64.